The molecule has 3 rings (SSSR count). The Balaban J connectivity index is 1.75. The first-order valence-corrected chi connectivity index (χ1v) is 6.68. The van der Waals surface area contributed by atoms with Crippen molar-refractivity contribution in [2.24, 2.45) is 0 Å². The van der Waals surface area contributed by atoms with E-state index in [0.717, 1.165) is 17.8 Å². The van der Waals surface area contributed by atoms with E-state index >= 15 is 0 Å². The van der Waals surface area contributed by atoms with Crippen LogP contribution in [-0.2, 0) is 6.54 Å². The SMILES string of the molecule is CC(NCc1ccccc1-n1cccn1)c1ccoc1. The van der Waals surface area contributed by atoms with Crippen LogP contribution in [0.15, 0.2) is 65.7 Å². The molecule has 1 aromatic carbocycles. The third-order valence-electron chi connectivity index (χ3n) is 3.38. The Hall–Kier alpha value is -2.33. The van der Waals surface area contributed by atoms with Crippen molar-refractivity contribution in [2.75, 3.05) is 0 Å². The molecule has 4 nitrogen and oxygen atoms in total. The third-order valence-corrected chi connectivity index (χ3v) is 3.38. The molecule has 0 radical (unpaired) electrons. The zero-order valence-corrected chi connectivity index (χ0v) is 11.4. The topological polar surface area (TPSA) is 43.0 Å². The molecule has 102 valence electrons. The summed E-state index contributed by atoms with van der Waals surface area (Å²) in [5, 5.41) is 7.80. The number of nitrogens with one attached hydrogen (secondary N) is 1. The lowest BCUT2D eigenvalue weighted by Crippen LogP contribution is -2.18. The highest BCUT2D eigenvalue weighted by atomic mass is 16.3. The second-order valence-corrected chi connectivity index (χ2v) is 4.74. The zero-order valence-electron chi connectivity index (χ0n) is 11.4. The van der Waals surface area contributed by atoms with Crippen LogP contribution in [0.25, 0.3) is 5.69 Å². The molecule has 3 aromatic rings. The molecule has 0 aliphatic carbocycles. The highest BCUT2D eigenvalue weighted by molar-refractivity contribution is 5.40. The van der Waals surface area contributed by atoms with Crippen LogP contribution in [0.3, 0.4) is 0 Å². The summed E-state index contributed by atoms with van der Waals surface area (Å²) >= 11 is 0. The van der Waals surface area contributed by atoms with Gasteiger partial charge in [-0.15, -0.1) is 0 Å². The molecule has 0 aliphatic heterocycles. The smallest absolute Gasteiger partial charge is 0.0950 e. The standard InChI is InChI=1S/C16H17N3O/c1-13(15-7-10-20-12-15)17-11-14-5-2-3-6-16(14)19-9-4-8-18-19/h2-10,12-13,17H,11H2,1H3. The molecule has 2 heterocycles. The molecule has 1 unspecified atom stereocenters. The second kappa shape index (κ2) is 5.75. The van der Waals surface area contributed by atoms with Crippen molar-refractivity contribution in [1.29, 1.82) is 0 Å². The van der Waals surface area contributed by atoms with Gasteiger partial charge in [0.25, 0.3) is 0 Å². The monoisotopic (exact) mass is 267 g/mol. The summed E-state index contributed by atoms with van der Waals surface area (Å²) in [4.78, 5) is 0. The molecule has 20 heavy (non-hydrogen) atoms. The van der Waals surface area contributed by atoms with Crippen molar-refractivity contribution >= 4 is 0 Å². The molecule has 0 fully saturated rings. The maximum Gasteiger partial charge on any atom is 0.0950 e. The summed E-state index contributed by atoms with van der Waals surface area (Å²) in [7, 11) is 0. The van der Waals surface area contributed by atoms with Crippen molar-refractivity contribution < 1.29 is 4.42 Å². The van der Waals surface area contributed by atoms with E-state index in [1.807, 2.05) is 35.1 Å². The Morgan fingerprint density at radius 1 is 1.25 bits per heavy atom. The lowest BCUT2D eigenvalue weighted by atomic mass is 10.1. The third kappa shape index (κ3) is 2.65. The van der Waals surface area contributed by atoms with Gasteiger partial charge < -0.3 is 9.73 Å². The van der Waals surface area contributed by atoms with Gasteiger partial charge >= 0.3 is 0 Å². The molecule has 0 aliphatic rings. The predicted molar refractivity (Wildman–Crippen MR) is 77.5 cm³/mol. The molecule has 4 heteroatoms. The van der Waals surface area contributed by atoms with E-state index in [4.69, 9.17) is 4.42 Å². The second-order valence-electron chi connectivity index (χ2n) is 4.74. The van der Waals surface area contributed by atoms with Gasteiger partial charge in [0, 0.05) is 30.5 Å². The van der Waals surface area contributed by atoms with Gasteiger partial charge in [0.05, 0.1) is 18.2 Å². The van der Waals surface area contributed by atoms with Gasteiger partial charge in [0.2, 0.25) is 0 Å². The molecular weight excluding hydrogens is 250 g/mol. The minimum atomic E-state index is 0.249. The summed E-state index contributed by atoms with van der Waals surface area (Å²) in [6.45, 7) is 2.91. The molecule has 0 saturated carbocycles. The number of aromatic nitrogens is 2. The van der Waals surface area contributed by atoms with Crippen LogP contribution >= 0.6 is 0 Å². The van der Waals surface area contributed by atoms with Crippen molar-refractivity contribution in [3.63, 3.8) is 0 Å². The molecule has 2 aromatic heterocycles. The van der Waals surface area contributed by atoms with Crippen LogP contribution in [0.5, 0.6) is 0 Å². The van der Waals surface area contributed by atoms with E-state index in [9.17, 15) is 0 Å². The highest BCUT2D eigenvalue weighted by Crippen LogP contribution is 2.16. The Morgan fingerprint density at radius 3 is 2.90 bits per heavy atom. The largest absolute Gasteiger partial charge is 0.472 e. The molecule has 1 N–H and O–H groups in total. The van der Waals surface area contributed by atoms with Gasteiger partial charge in [0.1, 0.15) is 0 Å². The maximum atomic E-state index is 5.12. The lowest BCUT2D eigenvalue weighted by Gasteiger charge is -2.14. The van der Waals surface area contributed by atoms with E-state index in [2.05, 4.69) is 29.5 Å². The van der Waals surface area contributed by atoms with E-state index in [1.54, 1.807) is 18.7 Å². The number of hydrogen-bond acceptors (Lipinski definition) is 3. The number of rotatable bonds is 5. The summed E-state index contributed by atoms with van der Waals surface area (Å²) in [5.74, 6) is 0. The number of furan rings is 1. The van der Waals surface area contributed by atoms with Crippen LogP contribution in [0.1, 0.15) is 24.1 Å². The van der Waals surface area contributed by atoms with Crippen LogP contribution in [0.2, 0.25) is 0 Å². The lowest BCUT2D eigenvalue weighted by molar-refractivity contribution is 0.538. The number of nitrogens with zero attached hydrogens (tertiary/aromatic N) is 2. The van der Waals surface area contributed by atoms with Gasteiger partial charge in [-0.2, -0.15) is 5.10 Å². The van der Waals surface area contributed by atoms with E-state index in [0.29, 0.717) is 0 Å². The molecule has 0 saturated heterocycles. The summed E-state index contributed by atoms with van der Waals surface area (Å²) < 4.78 is 7.00. The van der Waals surface area contributed by atoms with Gasteiger partial charge in [0.15, 0.2) is 0 Å². The molecule has 1 atom stereocenters. The number of hydrogen-bond donors (Lipinski definition) is 1. The summed E-state index contributed by atoms with van der Waals surface area (Å²) in [6.07, 6.45) is 7.22. The molecule has 0 amide bonds. The van der Waals surface area contributed by atoms with Crippen LogP contribution in [0, 0.1) is 0 Å². The molecular formula is C16H17N3O. The van der Waals surface area contributed by atoms with E-state index < -0.39 is 0 Å². The Labute approximate surface area is 118 Å². The van der Waals surface area contributed by atoms with Crippen molar-refractivity contribution in [3.05, 3.63) is 72.4 Å². The minimum absolute atomic E-state index is 0.249. The van der Waals surface area contributed by atoms with Crippen LogP contribution in [-0.4, -0.2) is 9.78 Å². The fourth-order valence-electron chi connectivity index (χ4n) is 2.20. The van der Waals surface area contributed by atoms with Crippen LogP contribution in [0.4, 0.5) is 0 Å². The first kappa shape index (κ1) is 12.7. The highest BCUT2D eigenvalue weighted by Gasteiger charge is 2.08. The molecule has 0 bridgehead atoms. The Morgan fingerprint density at radius 2 is 2.15 bits per heavy atom. The quantitative estimate of drug-likeness (QED) is 0.771. The first-order chi connectivity index (χ1) is 9.84. The van der Waals surface area contributed by atoms with Gasteiger partial charge in [-0.25, -0.2) is 4.68 Å². The van der Waals surface area contributed by atoms with Gasteiger partial charge in [-0.05, 0) is 30.7 Å². The van der Waals surface area contributed by atoms with Crippen molar-refractivity contribution in [2.45, 2.75) is 19.5 Å². The first-order valence-electron chi connectivity index (χ1n) is 6.68. The predicted octanol–water partition coefficient (Wildman–Crippen LogP) is 3.32. The van der Waals surface area contributed by atoms with E-state index in [1.165, 1.54) is 5.56 Å². The Kier molecular flexibility index (Phi) is 3.65. The average Bonchev–Trinajstić information content (AvgIpc) is 3.17. The zero-order chi connectivity index (χ0) is 13.8. The number of para-hydroxylation sites is 1. The fraction of sp³-hybridized carbons (Fsp3) is 0.188. The van der Waals surface area contributed by atoms with Crippen molar-refractivity contribution in [3.8, 4) is 5.69 Å². The van der Waals surface area contributed by atoms with E-state index in [-0.39, 0.29) is 6.04 Å². The molecule has 0 spiro atoms. The average molecular weight is 267 g/mol. The number of benzene rings is 1. The normalized spacial score (nSPS) is 12.4. The van der Waals surface area contributed by atoms with Crippen molar-refractivity contribution in [1.82, 2.24) is 15.1 Å². The Bertz CT molecular complexity index is 644. The maximum absolute atomic E-state index is 5.12. The fourth-order valence-corrected chi connectivity index (χ4v) is 2.20. The van der Waals surface area contributed by atoms with Gasteiger partial charge in [-0.1, -0.05) is 18.2 Å². The summed E-state index contributed by atoms with van der Waals surface area (Å²) in [6, 6.07) is 12.4. The summed E-state index contributed by atoms with van der Waals surface area (Å²) in [5.41, 5.74) is 3.47. The van der Waals surface area contributed by atoms with Gasteiger partial charge in [-0.3, -0.25) is 0 Å². The minimum Gasteiger partial charge on any atom is -0.472 e. The van der Waals surface area contributed by atoms with Crippen LogP contribution < -0.4 is 5.32 Å².